The quantitative estimate of drug-likeness (QED) is 0.160. The van der Waals surface area contributed by atoms with E-state index in [-0.39, 0.29) is 11.2 Å². The number of para-hydroxylation sites is 2. The molecule has 436 valence electrons. The molecular weight excluding hydrogens is 1120 g/mol. The van der Waals surface area contributed by atoms with Crippen LogP contribution in [0.5, 0.6) is 0 Å². The molecule has 14 aromatic carbocycles. The number of rotatable bonds is 5. The van der Waals surface area contributed by atoms with E-state index < -0.39 is 10.8 Å². The van der Waals surface area contributed by atoms with Gasteiger partial charge < -0.3 is 4.90 Å². The minimum Gasteiger partial charge on any atom is -0.310 e. The van der Waals surface area contributed by atoms with Crippen LogP contribution in [0.25, 0.3) is 66.8 Å². The molecule has 2 heteroatoms. The largest absolute Gasteiger partial charge is 0.310 e. The summed E-state index contributed by atoms with van der Waals surface area (Å²) in [6.45, 7) is 6.58. The highest BCUT2D eigenvalue weighted by Gasteiger charge is 2.55. The number of fused-ring (bicyclic) bond motifs is 30. The molecule has 1 atom stereocenters. The van der Waals surface area contributed by atoms with Crippen molar-refractivity contribution < 1.29 is 4.79 Å². The maximum absolute atomic E-state index is 15.5. The second kappa shape index (κ2) is 19.8. The zero-order chi connectivity index (χ0) is 61.9. The molecular formula is C91H61NO. The van der Waals surface area contributed by atoms with Crippen molar-refractivity contribution in [2.75, 3.05) is 4.90 Å². The fourth-order valence-corrected chi connectivity index (χ4v) is 18.1. The third kappa shape index (κ3) is 7.00. The maximum atomic E-state index is 15.5. The molecule has 3 spiro atoms. The lowest BCUT2D eigenvalue weighted by Crippen LogP contribution is -2.27. The van der Waals surface area contributed by atoms with Crippen LogP contribution < -0.4 is 4.90 Å². The Balaban J connectivity index is 0.000000196. The lowest BCUT2D eigenvalue weighted by molar-refractivity contribution is 0.103. The fourth-order valence-electron chi connectivity index (χ4n) is 18.1. The van der Waals surface area contributed by atoms with E-state index in [9.17, 15) is 0 Å². The molecule has 0 saturated heterocycles. The van der Waals surface area contributed by atoms with Gasteiger partial charge >= 0.3 is 0 Å². The van der Waals surface area contributed by atoms with Crippen molar-refractivity contribution in [1.82, 2.24) is 0 Å². The Labute approximate surface area is 543 Å². The summed E-state index contributed by atoms with van der Waals surface area (Å²) in [6, 6.07) is 115. The van der Waals surface area contributed by atoms with Gasteiger partial charge in [0.25, 0.3) is 0 Å². The molecule has 0 aliphatic heterocycles. The third-order valence-corrected chi connectivity index (χ3v) is 21.7. The van der Waals surface area contributed by atoms with Crippen molar-refractivity contribution in [3.63, 3.8) is 0 Å². The topological polar surface area (TPSA) is 20.3 Å². The van der Waals surface area contributed by atoms with E-state index in [0.29, 0.717) is 11.1 Å². The molecule has 0 fully saturated rings. The standard InChI is InChI=1S/C65H43NO.C26H18/c1-40-17-3-15-29-61(40)66(62-30-16-4-18-41(62)2)44-33-36-52-49-23-9-14-28-57(49)65(60(52)39-44)56-27-13-8-22-48(56)51-35-32-43(38-59(51)65)63(67)42-31-34-50-47-21-7-12-26-55(47)64(58(50)37-42)53-24-10-5-19-45(53)46-20-6-11-25-54(46)64;1-17-14-15-21-20-10-4-7-13-24(20)26(25(21)16-17)22-11-5-2-8-18(22)19-9-3-6-12-23(19)26/h3-39H,1-2H3;2-16H,1H3. The van der Waals surface area contributed by atoms with Crippen molar-refractivity contribution in [2.45, 2.75) is 37.0 Å². The molecule has 0 amide bonds. The first-order valence-electron chi connectivity index (χ1n) is 32.6. The predicted octanol–water partition coefficient (Wildman–Crippen LogP) is 22.0. The smallest absolute Gasteiger partial charge is 0.193 e. The van der Waals surface area contributed by atoms with Crippen LogP contribution in [-0.2, 0) is 16.2 Å². The summed E-state index contributed by atoms with van der Waals surface area (Å²) in [6.07, 6.45) is 0. The van der Waals surface area contributed by atoms with E-state index in [2.05, 4.69) is 341 Å². The van der Waals surface area contributed by atoms with Gasteiger partial charge in [-0.1, -0.05) is 285 Å². The average molecular weight is 1180 g/mol. The van der Waals surface area contributed by atoms with Crippen LogP contribution in [-0.4, -0.2) is 5.78 Å². The number of hydrogen-bond donors (Lipinski definition) is 0. The fraction of sp³-hybridized carbons (Fsp3) is 0.0659. The Morgan fingerprint density at radius 3 is 0.817 bits per heavy atom. The zero-order valence-electron chi connectivity index (χ0n) is 51.9. The van der Waals surface area contributed by atoms with Crippen molar-refractivity contribution in [3.05, 3.63) is 410 Å². The summed E-state index contributed by atoms with van der Waals surface area (Å²) < 4.78 is 0. The Morgan fingerprint density at radius 1 is 0.237 bits per heavy atom. The first kappa shape index (κ1) is 53.4. The molecule has 0 bridgehead atoms. The SMILES string of the molecule is Cc1ccc2c(c1)C1(c3ccccc3-c3ccccc31)c1ccccc1-2.Cc1ccccc1N(c1ccc2c(c1)C1(c3ccccc3-c3ccc(C(=O)c4ccc5c(c4)C4(c6ccccc6-c6ccccc64)c4ccccc4-5)cc31)c1ccccc1-2)c1ccccc1C. The molecule has 20 rings (SSSR count). The van der Waals surface area contributed by atoms with Crippen LogP contribution in [0, 0.1) is 20.8 Å². The van der Waals surface area contributed by atoms with Crippen LogP contribution >= 0.6 is 0 Å². The summed E-state index contributed by atoms with van der Waals surface area (Å²) in [5, 5.41) is 0. The number of aryl methyl sites for hydroxylation is 3. The molecule has 2 nitrogen and oxygen atoms in total. The number of benzene rings is 14. The zero-order valence-corrected chi connectivity index (χ0v) is 51.9. The Hall–Kier alpha value is -11.5. The van der Waals surface area contributed by atoms with Crippen molar-refractivity contribution >= 4 is 22.8 Å². The van der Waals surface area contributed by atoms with E-state index >= 15 is 4.79 Å². The van der Waals surface area contributed by atoms with Gasteiger partial charge in [-0.2, -0.15) is 0 Å². The number of ketones is 1. The number of carbonyl (C=O) groups is 1. The van der Waals surface area contributed by atoms with Gasteiger partial charge in [-0.3, -0.25) is 4.79 Å². The lowest BCUT2D eigenvalue weighted by Gasteiger charge is -2.33. The Morgan fingerprint density at radius 2 is 0.484 bits per heavy atom. The van der Waals surface area contributed by atoms with Gasteiger partial charge in [-0.05, 0) is 202 Å². The van der Waals surface area contributed by atoms with E-state index in [1.54, 1.807) is 0 Å². The van der Waals surface area contributed by atoms with Crippen LogP contribution in [0.15, 0.2) is 315 Å². The van der Waals surface area contributed by atoms with Crippen LogP contribution in [0.2, 0.25) is 0 Å². The van der Waals surface area contributed by atoms with Crippen molar-refractivity contribution in [3.8, 4) is 66.8 Å². The van der Waals surface area contributed by atoms with Gasteiger partial charge in [0.1, 0.15) is 0 Å². The highest BCUT2D eigenvalue weighted by molar-refractivity contribution is 6.11. The molecule has 0 saturated carbocycles. The predicted molar refractivity (Wildman–Crippen MR) is 381 cm³/mol. The maximum Gasteiger partial charge on any atom is 0.193 e. The van der Waals surface area contributed by atoms with Crippen molar-refractivity contribution in [2.24, 2.45) is 0 Å². The van der Waals surface area contributed by atoms with Gasteiger partial charge in [-0.25, -0.2) is 0 Å². The highest BCUT2D eigenvalue weighted by Crippen LogP contribution is 2.67. The second-order valence-corrected chi connectivity index (χ2v) is 26.2. The summed E-state index contributed by atoms with van der Waals surface area (Å²) >= 11 is 0. The molecule has 14 aromatic rings. The monoisotopic (exact) mass is 1180 g/mol. The minimum atomic E-state index is -0.659. The first-order valence-corrected chi connectivity index (χ1v) is 32.6. The molecule has 0 aromatic heterocycles. The normalized spacial score (nSPS) is 15.3. The summed E-state index contributed by atoms with van der Waals surface area (Å²) in [7, 11) is 0. The molecule has 0 N–H and O–H groups in total. The highest BCUT2D eigenvalue weighted by atomic mass is 16.1. The number of nitrogens with zero attached hydrogens (tertiary/aromatic N) is 1. The molecule has 6 aliphatic rings. The molecule has 0 heterocycles. The Bertz CT molecular complexity index is 5380. The van der Waals surface area contributed by atoms with Crippen molar-refractivity contribution in [1.29, 1.82) is 0 Å². The van der Waals surface area contributed by atoms with Crippen LogP contribution in [0.1, 0.15) is 99.4 Å². The molecule has 1 unspecified atom stereocenters. The van der Waals surface area contributed by atoms with E-state index in [1.165, 1.54) is 139 Å². The summed E-state index contributed by atoms with van der Waals surface area (Å²) in [5.41, 5.74) is 37.8. The molecule has 93 heavy (non-hydrogen) atoms. The van der Waals surface area contributed by atoms with Crippen LogP contribution in [0.4, 0.5) is 17.1 Å². The Kier molecular flexibility index (Phi) is 11.4. The van der Waals surface area contributed by atoms with Gasteiger partial charge in [0.2, 0.25) is 0 Å². The van der Waals surface area contributed by atoms with Crippen LogP contribution in [0.3, 0.4) is 0 Å². The van der Waals surface area contributed by atoms with Gasteiger partial charge in [0.15, 0.2) is 5.78 Å². The number of hydrogen-bond acceptors (Lipinski definition) is 2. The lowest BCUT2D eigenvalue weighted by atomic mass is 9.70. The van der Waals surface area contributed by atoms with E-state index in [0.717, 1.165) is 28.2 Å². The van der Waals surface area contributed by atoms with Gasteiger partial charge in [0, 0.05) is 28.2 Å². The second-order valence-electron chi connectivity index (χ2n) is 26.2. The third-order valence-electron chi connectivity index (χ3n) is 21.7. The summed E-state index contributed by atoms with van der Waals surface area (Å²) in [5.74, 6) is 0.0212. The minimum absolute atomic E-state index is 0.0212. The first-order chi connectivity index (χ1) is 45.8. The molecule has 0 radical (unpaired) electrons. The van der Waals surface area contributed by atoms with E-state index in [1.807, 2.05) is 0 Å². The van der Waals surface area contributed by atoms with Gasteiger partial charge in [-0.15, -0.1) is 0 Å². The average Bonchev–Trinajstić information content (AvgIpc) is 1.53. The number of carbonyl (C=O) groups excluding carboxylic acids is 1. The number of anilines is 3. The molecule has 6 aliphatic carbocycles. The van der Waals surface area contributed by atoms with E-state index in [4.69, 9.17) is 0 Å². The summed E-state index contributed by atoms with van der Waals surface area (Å²) in [4.78, 5) is 17.9. The van der Waals surface area contributed by atoms with Gasteiger partial charge in [0.05, 0.1) is 16.2 Å².